The normalized spacial score (nSPS) is 11.1. The van der Waals surface area contributed by atoms with Gasteiger partial charge >= 0.3 is 5.97 Å². The van der Waals surface area contributed by atoms with E-state index in [1.165, 1.54) is 7.11 Å². The number of unbranched alkanes of at least 4 members (excludes halogenated alkanes) is 2. The first-order valence-electron chi connectivity index (χ1n) is 4.90. The first-order chi connectivity index (χ1) is 6.16. The molecule has 0 aliphatic rings. The van der Waals surface area contributed by atoms with Gasteiger partial charge in [0.15, 0.2) is 0 Å². The van der Waals surface area contributed by atoms with Crippen molar-refractivity contribution in [3.05, 3.63) is 12.2 Å². The van der Waals surface area contributed by atoms with Gasteiger partial charge in [-0.1, -0.05) is 26.0 Å². The molecule has 0 amide bonds. The minimum atomic E-state index is -0.104. The quantitative estimate of drug-likeness (QED) is 0.360. The van der Waals surface area contributed by atoms with E-state index < -0.39 is 0 Å². The molecule has 0 saturated carbocycles. The van der Waals surface area contributed by atoms with Crippen LogP contribution in [0.1, 0.15) is 39.5 Å². The van der Waals surface area contributed by atoms with E-state index in [1.807, 2.05) is 0 Å². The molecule has 0 atom stereocenters. The molecule has 2 nitrogen and oxygen atoms in total. The number of carbonyl (C=O) groups is 1. The number of carbonyl (C=O) groups excluding carboxylic acids is 1. The molecule has 0 aromatic carbocycles. The van der Waals surface area contributed by atoms with Crippen LogP contribution in [0.5, 0.6) is 0 Å². The molecule has 0 rings (SSSR count). The highest BCUT2D eigenvalue weighted by Gasteiger charge is 1.97. The van der Waals surface area contributed by atoms with Crippen molar-refractivity contribution in [3.63, 3.8) is 0 Å². The predicted molar refractivity (Wildman–Crippen MR) is 54.5 cm³/mol. The summed E-state index contributed by atoms with van der Waals surface area (Å²) in [4.78, 5) is 10.7. The maximum Gasteiger partial charge on any atom is 0.305 e. The standard InChI is InChI=1S/C11H20O2/c1-10(2)8-6-4-5-7-9-11(12)13-3/h6,8,10H,4-5,7,9H2,1-3H3/b8-6-. The van der Waals surface area contributed by atoms with Crippen LogP contribution in [0.2, 0.25) is 0 Å². The average molecular weight is 184 g/mol. The van der Waals surface area contributed by atoms with E-state index in [1.54, 1.807) is 0 Å². The fourth-order valence-corrected chi connectivity index (χ4v) is 1.00. The van der Waals surface area contributed by atoms with Crippen molar-refractivity contribution in [2.24, 2.45) is 5.92 Å². The van der Waals surface area contributed by atoms with Gasteiger partial charge in [0.05, 0.1) is 7.11 Å². The van der Waals surface area contributed by atoms with Crippen molar-refractivity contribution < 1.29 is 9.53 Å². The maximum absolute atomic E-state index is 10.7. The summed E-state index contributed by atoms with van der Waals surface area (Å²) in [5.74, 6) is 0.522. The summed E-state index contributed by atoms with van der Waals surface area (Å²) in [6, 6.07) is 0. The van der Waals surface area contributed by atoms with Gasteiger partial charge in [0.2, 0.25) is 0 Å². The van der Waals surface area contributed by atoms with Gasteiger partial charge in [0.1, 0.15) is 0 Å². The predicted octanol–water partition coefficient (Wildman–Crippen LogP) is 2.93. The van der Waals surface area contributed by atoms with Crippen LogP contribution in [0.4, 0.5) is 0 Å². The third-order valence-electron chi connectivity index (χ3n) is 1.75. The summed E-state index contributed by atoms with van der Waals surface area (Å²) >= 11 is 0. The summed E-state index contributed by atoms with van der Waals surface area (Å²) in [5.41, 5.74) is 0. The SMILES string of the molecule is COC(=O)CCCC/C=C\C(C)C. The van der Waals surface area contributed by atoms with E-state index in [2.05, 4.69) is 30.7 Å². The van der Waals surface area contributed by atoms with E-state index in [0.717, 1.165) is 19.3 Å². The largest absolute Gasteiger partial charge is 0.469 e. The van der Waals surface area contributed by atoms with Gasteiger partial charge in [-0.05, 0) is 25.2 Å². The minimum absolute atomic E-state index is 0.104. The zero-order chi connectivity index (χ0) is 10.1. The Hall–Kier alpha value is -0.790. The van der Waals surface area contributed by atoms with Crippen LogP contribution in [0.3, 0.4) is 0 Å². The van der Waals surface area contributed by atoms with Crippen LogP contribution in [-0.4, -0.2) is 13.1 Å². The fourth-order valence-electron chi connectivity index (χ4n) is 1.00. The number of esters is 1. The number of ether oxygens (including phenoxy) is 1. The number of rotatable bonds is 6. The summed E-state index contributed by atoms with van der Waals surface area (Å²) < 4.78 is 4.54. The topological polar surface area (TPSA) is 26.3 Å². The molecule has 0 aliphatic heterocycles. The van der Waals surface area contributed by atoms with Crippen molar-refractivity contribution in [1.29, 1.82) is 0 Å². The molecular weight excluding hydrogens is 164 g/mol. The lowest BCUT2D eigenvalue weighted by Crippen LogP contribution is -1.98. The van der Waals surface area contributed by atoms with Gasteiger partial charge in [-0.3, -0.25) is 4.79 Å². The molecule has 13 heavy (non-hydrogen) atoms. The van der Waals surface area contributed by atoms with Crippen molar-refractivity contribution in [2.45, 2.75) is 39.5 Å². The van der Waals surface area contributed by atoms with Crippen LogP contribution in [0, 0.1) is 5.92 Å². The molecule has 0 heterocycles. The highest BCUT2D eigenvalue weighted by atomic mass is 16.5. The van der Waals surface area contributed by atoms with Gasteiger partial charge in [0.25, 0.3) is 0 Å². The number of allylic oxidation sites excluding steroid dienone is 2. The molecule has 0 saturated heterocycles. The van der Waals surface area contributed by atoms with E-state index >= 15 is 0 Å². The molecule has 2 heteroatoms. The Morgan fingerprint density at radius 2 is 2.08 bits per heavy atom. The fraction of sp³-hybridized carbons (Fsp3) is 0.727. The molecule has 0 spiro atoms. The Balaban J connectivity index is 3.22. The Morgan fingerprint density at radius 3 is 2.62 bits per heavy atom. The van der Waals surface area contributed by atoms with Crippen LogP contribution in [0.25, 0.3) is 0 Å². The van der Waals surface area contributed by atoms with Crippen molar-refractivity contribution >= 4 is 5.97 Å². The highest BCUT2D eigenvalue weighted by molar-refractivity contribution is 5.68. The molecule has 0 aromatic heterocycles. The van der Waals surface area contributed by atoms with Gasteiger partial charge in [0, 0.05) is 6.42 Å². The minimum Gasteiger partial charge on any atom is -0.469 e. The lowest BCUT2D eigenvalue weighted by Gasteiger charge is -1.97. The Kier molecular flexibility index (Phi) is 7.36. The van der Waals surface area contributed by atoms with Gasteiger partial charge < -0.3 is 4.74 Å². The number of hydrogen-bond donors (Lipinski definition) is 0. The van der Waals surface area contributed by atoms with Crippen LogP contribution >= 0.6 is 0 Å². The first-order valence-corrected chi connectivity index (χ1v) is 4.90. The zero-order valence-corrected chi connectivity index (χ0v) is 8.88. The summed E-state index contributed by atoms with van der Waals surface area (Å²) in [5, 5.41) is 0. The molecule has 0 bridgehead atoms. The molecule has 0 radical (unpaired) electrons. The third kappa shape index (κ3) is 9.12. The van der Waals surface area contributed by atoms with Gasteiger partial charge in [-0.25, -0.2) is 0 Å². The second-order valence-electron chi connectivity index (χ2n) is 3.49. The molecule has 0 N–H and O–H groups in total. The second-order valence-corrected chi connectivity index (χ2v) is 3.49. The Labute approximate surface area is 81.0 Å². The molecular formula is C11H20O2. The van der Waals surface area contributed by atoms with E-state index in [0.29, 0.717) is 12.3 Å². The van der Waals surface area contributed by atoms with Gasteiger partial charge in [-0.15, -0.1) is 0 Å². The maximum atomic E-state index is 10.7. The van der Waals surface area contributed by atoms with Gasteiger partial charge in [-0.2, -0.15) is 0 Å². The molecule has 0 aliphatic carbocycles. The van der Waals surface area contributed by atoms with Crippen molar-refractivity contribution in [1.82, 2.24) is 0 Å². The number of methoxy groups -OCH3 is 1. The molecule has 76 valence electrons. The first kappa shape index (κ1) is 12.2. The van der Waals surface area contributed by atoms with E-state index in [9.17, 15) is 4.79 Å². The monoisotopic (exact) mass is 184 g/mol. The average Bonchev–Trinajstić information content (AvgIpc) is 2.10. The van der Waals surface area contributed by atoms with Crippen LogP contribution in [-0.2, 0) is 9.53 Å². The molecule has 0 unspecified atom stereocenters. The second kappa shape index (κ2) is 7.84. The summed E-state index contributed by atoms with van der Waals surface area (Å²) in [7, 11) is 1.43. The molecule has 0 fully saturated rings. The van der Waals surface area contributed by atoms with Crippen molar-refractivity contribution in [2.75, 3.05) is 7.11 Å². The number of hydrogen-bond acceptors (Lipinski definition) is 2. The molecule has 0 aromatic rings. The van der Waals surface area contributed by atoms with Crippen LogP contribution < -0.4 is 0 Å². The summed E-state index contributed by atoms with van der Waals surface area (Å²) in [6.07, 6.45) is 7.98. The lowest BCUT2D eigenvalue weighted by molar-refractivity contribution is -0.140. The Bertz CT molecular complexity index is 159. The van der Waals surface area contributed by atoms with Crippen LogP contribution in [0.15, 0.2) is 12.2 Å². The zero-order valence-electron chi connectivity index (χ0n) is 8.88. The third-order valence-corrected chi connectivity index (χ3v) is 1.75. The lowest BCUT2D eigenvalue weighted by atomic mass is 10.1. The summed E-state index contributed by atoms with van der Waals surface area (Å²) in [6.45, 7) is 4.32. The highest BCUT2D eigenvalue weighted by Crippen LogP contribution is 2.03. The van der Waals surface area contributed by atoms with E-state index in [-0.39, 0.29) is 5.97 Å². The van der Waals surface area contributed by atoms with Crippen molar-refractivity contribution in [3.8, 4) is 0 Å². The Morgan fingerprint density at radius 1 is 1.38 bits per heavy atom. The van der Waals surface area contributed by atoms with E-state index in [4.69, 9.17) is 0 Å². The smallest absolute Gasteiger partial charge is 0.305 e.